The van der Waals surface area contributed by atoms with Crippen LogP contribution >= 0.6 is 0 Å². The molecular formula is C26H23FN2O4. The molecule has 0 radical (unpaired) electrons. The molecule has 3 aromatic rings. The first kappa shape index (κ1) is 22.2. The van der Waals surface area contributed by atoms with Gasteiger partial charge in [0.1, 0.15) is 17.3 Å². The van der Waals surface area contributed by atoms with Crippen molar-refractivity contribution in [3.63, 3.8) is 0 Å². The number of aliphatic hydroxyl groups excluding tert-OH is 1. The van der Waals surface area contributed by atoms with Crippen LogP contribution in [0.5, 0.6) is 5.75 Å². The molecule has 1 fully saturated rings. The number of halogens is 1. The van der Waals surface area contributed by atoms with Gasteiger partial charge in [0.25, 0.3) is 11.7 Å². The monoisotopic (exact) mass is 446 g/mol. The number of aliphatic hydroxyl groups is 1. The number of hydrogen-bond donors (Lipinski definition) is 1. The maximum atomic E-state index is 13.4. The van der Waals surface area contributed by atoms with Crippen LogP contribution in [0.2, 0.25) is 0 Å². The molecule has 0 bridgehead atoms. The minimum absolute atomic E-state index is 0.0479. The number of ether oxygens (including phenoxy) is 1. The number of Topliss-reactive ketones (excluding diaryl/α,β-unsaturated/α-hetero) is 1. The standard InChI is InChI=1S/C26H23FN2O4/c1-2-14-33-21-5-3-4-19(15-21)23-22(24(30)18-6-8-20(27)9-7-18)25(31)26(32)29(23)16-17-10-12-28-13-11-17/h3-13,15,23,30H,2,14,16H2,1H3/b24-22+. The summed E-state index contributed by atoms with van der Waals surface area (Å²) in [7, 11) is 0. The summed E-state index contributed by atoms with van der Waals surface area (Å²) in [5.74, 6) is -1.74. The molecule has 168 valence electrons. The maximum Gasteiger partial charge on any atom is 0.295 e. The number of hydrogen-bond acceptors (Lipinski definition) is 5. The summed E-state index contributed by atoms with van der Waals surface area (Å²) >= 11 is 0. The molecular weight excluding hydrogens is 423 g/mol. The van der Waals surface area contributed by atoms with Gasteiger partial charge in [0.05, 0.1) is 18.2 Å². The third-order valence-corrected chi connectivity index (χ3v) is 5.41. The maximum absolute atomic E-state index is 13.4. The molecule has 2 heterocycles. The Morgan fingerprint density at radius 2 is 1.82 bits per heavy atom. The van der Waals surface area contributed by atoms with E-state index >= 15 is 0 Å². The zero-order valence-corrected chi connectivity index (χ0v) is 18.1. The van der Waals surface area contributed by atoms with Crippen LogP contribution in [0.1, 0.15) is 36.1 Å². The van der Waals surface area contributed by atoms with Gasteiger partial charge < -0.3 is 14.7 Å². The SMILES string of the molecule is CCCOc1cccc(C2/C(=C(\O)c3ccc(F)cc3)C(=O)C(=O)N2Cc2ccncc2)c1. The van der Waals surface area contributed by atoms with E-state index in [0.29, 0.717) is 17.9 Å². The molecule has 2 aromatic carbocycles. The predicted octanol–water partition coefficient (Wildman–Crippen LogP) is 4.63. The number of likely N-dealkylation sites (tertiary alicyclic amines) is 1. The number of amides is 1. The first-order valence-corrected chi connectivity index (χ1v) is 10.7. The fourth-order valence-corrected chi connectivity index (χ4v) is 3.83. The van der Waals surface area contributed by atoms with Crippen molar-refractivity contribution in [1.82, 2.24) is 9.88 Å². The first-order valence-electron chi connectivity index (χ1n) is 10.7. The number of aromatic nitrogens is 1. The molecule has 1 aromatic heterocycles. The Labute approximate surface area is 191 Å². The van der Waals surface area contributed by atoms with Gasteiger partial charge in [-0.2, -0.15) is 0 Å². The number of pyridine rings is 1. The minimum Gasteiger partial charge on any atom is -0.507 e. The van der Waals surface area contributed by atoms with E-state index < -0.39 is 23.5 Å². The molecule has 1 amide bonds. The molecule has 0 spiro atoms. The Balaban J connectivity index is 1.84. The van der Waals surface area contributed by atoms with Crippen molar-refractivity contribution in [3.8, 4) is 5.75 Å². The Kier molecular flexibility index (Phi) is 6.49. The number of carbonyl (C=O) groups excluding carboxylic acids is 2. The Bertz CT molecular complexity index is 1190. The van der Waals surface area contributed by atoms with Crippen molar-refractivity contribution in [2.45, 2.75) is 25.9 Å². The van der Waals surface area contributed by atoms with Gasteiger partial charge in [-0.1, -0.05) is 19.1 Å². The largest absolute Gasteiger partial charge is 0.507 e. The zero-order chi connectivity index (χ0) is 23.4. The molecule has 33 heavy (non-hydrogen) atoms. The van der Waals surface area contributed by atoms with E-state index in [9.17, 15) is 19.1 Å². The van der Waals surface area contributed by atoms with E-state index in [2.05, 4.69) is 4.98 Å². The molecule has 1 aliphatic rings. The van der Waals surface area contributed by atoms with Crippen molar-refractivity contribution >= 4 is 17.4 Å². The second-order valence-electron chi connectivity index (χ2n) is 7.71. The summed E-state index contributed by atoms with van der Waals surface area (Å²) < 4.78 is 19.2. The normalized spacial score (nSPS) is 17.4. The van der Waals surface area contributed by atoms with Gasteiger partial charge in [0.2, 0.25) is 0 Å². The van der Waals surface area contributed by atoms with E-state index in [-0.39, 0.29) is 23.4 Å². The van der Waals surface area contributed by atoms with Crippen molar-refractivity contribution in [3.05, 3.63) is 101 Å². The minimum atomic E-state index is -0.839. The predicted molar refractivity (Wildman–Crippen MR) is 121 cm³/mol. The van der Waals surface area contributed by atoms with Crippen molar-refractivity contribution in [2.75, 3.05) is 6.61 Å². The summed E-state index contributed by atoms with van der Waals surface area (Å²) in [4.78, 5) is 31.6. The second-order valence-corrected chi connectivity index (χ2v) is 7.71. The number of rotatable bonds is 7. The highest BCUT2D eigenvalue weighted by Gasteiger charge is 2.46. The van der Waals surface area contributed by atoms with Crippen LogP contribution in [0.15, 0.2) is 78.6 Å². The molecule has 6 nitrogen and oxygen atoms in total. The van der Waals surface area contributed by atoms with Gasteiger partial charge in [-0.05, 0) is 66.1 Å². The van der Waals surface area contributed by atoms with E-state index in [0.717, 1.165) is 12.0 Å². The fourth-order valence-electron chi connectivity index (χ4n) is 3.83. The molecule has 1 saturated heterocycles. The number of carbonyl (C=O) groups is 2. The third kappa shape index (κ3) is 4.62. The molecule has 1 atom stereocenters. The van der Waals surface area contributed by atoms with Crippen LogP contribution in [0.25, 0.3) is 5.76 Å². The Morgan fingerprint density at radius 3 is 2.52 bits per heavy atom. The van der Waals surface area contributed by atoms with Crippen LogP contribution in [-0.2, 0) is 16.1 Å². The van der Waals surface area contributed by atoms with Crippen molar-refractivity contribution in [1.29, 1.82) is 0 Å². The number of benzene rings is 2. The van der Waals surface area contributed by atoms with Crippen molar-refractivity contribution < 1.29 is 23.8 Å². The molecule has 0 aliphatic carbocycles. The highest BCUT2D eigenvalue weighted by atomic mass is 19.1. The number of nitrogens with zero attached hydrogens (tertiary/aromatic N) is 2. The quantitative estimate of drug-likeness (QED) is 0.325. The van der Waals surface area contributed by atoms with Gasteiger partial charge in [0.15, 0.2) is 0 Å². The average molecular weight is 446 g/mol. The van der Waals surface area contributed by atoms with Gasteiger partial charge in [0, 0.05) is 24.5 Å². The molecule has 7 heteroatoms. The highest BCUT2D eigenvalue weighted by Crippen LogP contribution is 2.41. The van der Waals surface area contributed by atoms with Crippen LogP contribution in [0.4, 0.5) is 4.39 Å². The lowest BCUT2D eigenvalue weighted by atomic mass is 9.95. The fraction of sp³-hybridized carbons (Fsp3) is 0.192. The van der Waals surface area contributed by atoms with Crippen LogP contribution < -0.4 is 4.74 Å². The third-order valence-electron chi connectivity index (χ3n) is 5.41. The smallest absolute Gasteiger partial charge is 0.295 e. The lowest BCUT2D eigenvalue weighted by Crippen LogP contribution is -2.29. The summed E-state index contributed by atoms with van der Waals surface area (Å²) in [5, 5.41) is 11.0. The second kappa shape index (κ2) is 9.65. The van der Waals surface area contributed by atoms with Gasteiger partial charge in [-0.15, -0.1) is 0 Å². The first-order chi connectivity index (χ1) is 16.0. The lowest BCUT2D eigenvalue weighted by Gasteiger charge is -2.25. The van der Waals surface area contributed by atoms with Gasteiger partial charge in [-0.25, -0.2) is 4.39 Å². The Morgan fingerprint density at radius 1 is 1.09 bits per heavy atom. The van der Waals surface area contributed by atoms with E-state index in [4.69, 9.17) is 4.74 Å². The summed E-state index contributed by atoms with van der Waals surface area (Å²) in [6, 6.07) is 14.9. The molecule has 0 saturated carbocycles. The molecule has 1 unspecified atom stereocenters. The van der Waals surface area contributed by atoms with Crippen LogP contribution in [0.3, 0.4) is 0 Å². The molecule has 1 aliphatic heterocycles. The Hall–Kier alpha value is -4.00. The zero-order valence-electron chi connectivity index (χ0n) is 18.1. The van der Waals surface area contributed by atoms with E-state index in [1.807, 2.05) is 6.92 Å². The molecule has 1 N–H and O–H groups in total. The van der Waals surface area contributed by atoms with Crippen molar-refractivity contribution in [2.24, 2.45) is 0 Å². The average Bonchev–Trinajstić information content (AvgIpc) is 3.08. The number of ketones is 1. The summed E-state index contributed by atoms with van der Waals surface area (Å²) in [6.45, 7) is 2.67. The van der Waals surface area contributed by atoms with Crippen LogP contribution in [-0.4, -0.2) is 33.3 Å². The van der Waals surface area contributed by atoms with E-state index in [1.54, 1.807) is 48.8 Å². The van der Waals surface area contributed by atoms with Crippen LogP contribution in [0, 0.1) is 5.82 Å². The summed E-state index contributed by atoms with van der Waals surface area (Å²) in [5.41, 5.74) is 1.62. The lowest BCUT2D eigenvalue weighted by molar-refractivity contribution is -0.140. The highest BCUT2D eigenvalue weighted by molar-refractivity contribution is 6.46. The van der Waals surface area contributed by atoms with E-state index in [1.165, 1.54) is 29.2 Å². The summed E-state index contributed by atoms with van der Waals surface area (Å²) in [6.07, 6.45) is 4.05. The topological polar surface area (TPSA) is 79.7 Å². The van der Waals surface area contributed by atoms with Gasteiger partial charge in [-0.3, -0.25) is 14.6 Å². The molecule has 4 rings (SSSR count). The van der Waals surface area contributed by atoms with Gasteiger partial charge >= 0.3 is 0 Å².